The van der Waals surface area contributed by atoms with Crippen LogP contribution in [0.15, 0.2) is 66.0 Å². The third-order valence-electron chi connectivity index (χ3n) is 4.79. The molecule has 2 unspecified atom stereocenters. The van der Waals surface area contributed by atoms with Crippen molar-refractivity contribution in [1.29, 1.82) is 0 Å². The third-order valence-corrected chi connectivity index (χ3v) is 5.38. The Hall–Kier alpha value is -3.07. The van der Waals surface area contributed by atoms with E-state index in [9.17, 15) is 14.5 Å². The van der Waals surface area contributed by atoms with E-state index in [1.54, 1.807) is 12.3 Å². The summed E-state index contributed by atoms with van der Waals surface area (Å²) in [4.78, 5) is 40.8. The van der Waals surface area contributed by atoms with E-state index in [1.807, 2.05) is 41.3 Å². The van der Waals surface area contributed by atoms with Crippen molar-refractivity contribution in [1.82, 2.24) is 10.3 Å². The van der Waals surface area contributed by atoms with Gasteiger partial charge in [-0.2, -0.15) is 4.91 Å². The highest BCUT2D eigenvalue weighted by Gasteiger charge is 2.31. The normalized spacial score (nSPS) is 16.8. The molecule has 0 saturated carbocycles. The summed E-state index contributed by atoms with van der Waals surface area (Å²) in [5.41, 5.74) is 1.85. The van der Waals surface area contributed by atoms with Gasteiger partial charge in [0.25, 0.3) is 0 Å². The number of imide groups is 1. The van der Waals surface area contributed by atoms with Gasteiger partial charge in [0.15, 0.2) is 0 Å². The number of nitroso groups, excluding NO2 is 1. The topological polar surface area (TPSA) is 101 Å². The Labute approximate surface area is 188 Å². The lowest BCUT2D eigenvalue weighted by molar-refractivity contribution is -0.128. The lowest BCUT2D eigenvalue weighted by atomic mass is 10.2. The van der Waals surface area contributed by atoms with Crippen LogP contribution >= 0.6 is 15.9 Å². The number of carbonyl (C=O) groups is 2. The van der Waals surface area contributed by atoms with Crippen molar-refractivity contribution in [3.8, 4) is 5.88 Å². The first kappa shape index (κ1) is 22.6. The average molecular weight is 487 g/mol. The predicted molar refractivity (Wildman–Crippen MR) is 121 cm³/mol. The Bertz CT molecular complexity index is 921. The molecular weight excluding hydrogens is 464 g/mol. The summed E-state index contributed by atoms with van der Waals surface area (Å²) in [5.74, 6) is -0.395. The number of pyridine rings is 1. The number of rotatable bonds is 9. The van der Waals surface area contributed by atoms with E-state index in [0.29, 0.717) is 25.5 Å². The number of aromatic nitrogens is 1. The van der Waals surface area contributed by atoms with Gasteiger partial charge in [-0.05, 0) is 24.5 Å². The highest BCUT2D eigenvalue weighted by molar-refractivity contribution is 9.09. The molecule has 0 spiro atoms. The SMILES string of the molecule is O=NCC(Br)/C=C\C(=O)NC(=O)C1CCCN1c1ccc(OCc2ccccc2)nc1. The molecular formula is C22H23BrN4O4. The van der Waals surface area contributed by atoms with Crippen molar-refractivity contribution in [2.24, 2.45) is 5.18 Å². The lowest BCUT2D eigenvalue weighted by Crippen LogP contribution is -2.45. The summed E-state index contributed by atoms with van der Waals surface area (Å²) in [7, 11) is 0. The Morgan fingerprint density at radius 1 is 1.29 bits per heavy atom. The second-order valence-corrected chi connectivity index (χ2v) is 8.20. The standard InChI is InChI=1S/C22H23BrN4O4/c23-17(13-25-30)8-10-20(28)26-22(29)19-7-4-12-27(19)18-9-11-21(24-14-18)31-15-16-5-2-1-3-6-16/h1-3,5-6,8-11,14,17,19H,4,7,12-13,15H2,(H,26,28,29)/b10-8-. The first-order chi connectivity index (χ1) is 15.1. The number of ether oxygens (including phenoxy) is 1. The van der Waals surface area contributed by atoms with E-state index in [-0.39, 0.29) is 17.3 Å². The molecule has 31 heavy (non-hydrogen) atoms. The van der Waals surface area contributed by atoms with Crippen LogP contribution in [0.4, 0.5) is 5.69 Å². The fraction of sp³-hybridized carbons (Fsp3) is 0.318. The smallest absolute Gasteiger partial charge is 0.250 e. The summed E-state index contributed by atoms with van der Waals surface area (Å²) in [5, 5.41) is 5.13. The van der Waals surface area contributed by atoms with E-state index in [0.717, 1.165) is 17.7 Å². The van der Waals surface area contributed by atoms with Crippen molar-refractivity contribution in [3.63, 3.8) is 0 Å². The summed E-state index contributed by atoms with van der Waals surface area (Å²) < 4.78 is 5.71. The predicted octanol–water partition coefficient (Wildman–Crippen LogP) is 3.36. The molecule has 1 fully saturated rings. The largest absolute Gasteiger partial charge is 0.473 e. The zero-order chi connectivity index (χ0) is 22.1. The first-order valence-corrected chi connectivity index (χ1v) is 10.8. The minimum atomic E-state index is -0.532. The van der Waals surface area contributed by atoms with Gasteiger partial charge in [-0.15, -0.1) is 0 Å². The van der Waals surface area contributed by atoms with Crippen LogP contribution in [0.25, 0.3) is 0 Å². The number of nitrogens with one attached hydrogen (secondary N) is 1. The molecule has 1 aliphatic heterocycles. The van der Waals surface area contributed by atoms with Crippen LogP contribution in [-0.2, 0) is 16.2 Å². The van der Waals surface area contributed by atoms with Crippen molar-refractivity contribution in [3.05, 3.63) is 71.3 Å². The highest BCUT2D eigenvalue weighted by atomic mass is 79.9. The molecule has 2 aromatic rings. The van der Waals surface area contributed by atoms with Crippen LogP contribution < -0.4 is 15.0 Å². The molecule has 0 bridgehead atoms. The quantitative estimate of drug-likeness (QED) is 0.331. The number of benzene rings is 1. The minimum Gasteiger partial charge on any atom is -0.473 e. The third kappa shape index (κ3) is 6.71. The monoisotopic (exact) mass is 486 g/mol. The van der Waals surface area contributed by atoms with E-state index in [1.165, 1.54) is 12.2 Å². The first-order valence-electron chi connectivity index (χ1n) is 9.92. The zero-order valence-electron chi connectivity index (χ0n) is 16.8. The maximum atomic E-state index is 12.6. The Morgan fingerprint density at radius 2 is 2.10 bits per heavy atom. The molecule has 1 saturated heterocycles. The van der Waals surface area contributed by atoms with Crippen molar-refractivity contribution in [2.75, 3.05) is 18.0 Å². The Kier molecular flexibility index (Phi) is 8.28. The van der Waals surface area contributed by atoms with E-state index < -0.39 is 11.9 Å². The van der Waals surface area contributed by atoms with Crippen LogP contribution in [0.5, 0.6) is 5.88 Å². The van der Waals surface area contributed by atoms with Crippen LogP contribution in [0, 0.1) is 4.91 Å². The second-order valence-electron chi connectivity index (χ2n) is 7.02. The Morgan fingerprint density at radius 3 is 2.81 bits per heavy atom. The molecule has 1 aromatic heterocycles. The van der Waals surface area contributed by atoms with Gasteiger partial charge in [0.1, 0.15) is 12.6 Å². The summed E-state index contributed by atoms with van der Waals surface area (Å²) >= 11 is 3.20. The molecule has 0 aliphatic carbocycles. The number of amides is 2. The van der Waals surface area contributed by atoms with Crippen LogP contribution in [0.1, 0.15) is 18.4 Å². The fourth-order valence-corrected chi connectivity index (χ4v) is 3.55. The van der Waals surface area contributed by atoms with E-state index in [4.69, 9.17) is 4.74 Å². The molecule has 8 nitrogen and oxygen atoms in total. The molecule has 9 heteroatoms. The van der Waals surface area contributed by atoms with Gasteiger partial charge in [0.05, 0.1) is 23.3 Å². The van der Waals surface area contributed by atoms with Gasteiger partial charge >= 0.3 is 0 Å². The Balaban J connectivity index is 1.56. The van der Waals surface area contributed by atoms with Crippen LogP contribution in [0.3, 0.4) is 0 Å². The van der Waals surface area contributed by atoms with E-state index in [2.05, 4.69) is 31.4 Å². The molecule has 162 valence electrons. The second kappa shape index (κ2) is 11.4. The summed E-state index contributed by atoms with van der Waals surface area (Å²) in [6, 6.07) is 13.0. The number of nitrogens with zero attached hydrogens (tertiary/aromatic N) is 3. The highest BCUT2D eigenvalue weighted by Crippen LogP contribution is 2.26. The van der Waals surface area contributed by atoms with E-state index >= 15 is 0 Å². The number of hydrogen-bond donors (Lipinski definition) is 1. The van der Waals surface area contributed by atoms with Gasteiger partial charge in [0.2, 0.25) is 17.7 Å². The molecule has 2 atom stereocenters. The number of alkyl halides is 1. The molecule has 3 rings (SSSR count). The average Bonchev–Trinajstić information content (AvgIpc) is 3.28. The molecule has 2 heterocycles. The summed E-state index contributed by atoms with van der Waals surface area (Å²) in [6.45, 7) is 1.13. The van der Waals surface area contributed by atoms with Crippen LogP contribution in [-0.4, -0.2) is 40.8 Å². The summed E-state index contributed by atoms with van der Waals surface area (Å²) in [6.07, 6.45) is 5.86. The van der Waals surface area contributed by atoms with Gasteiger partial charge in [0, 0.05) is 18.7 Å². The molecule has 2 amide bonds. The number of halogens is 1. The van der Waals surface area contributed by atoms with Crippen molar-refractivity contribution in [2.45, 2.75) is 30.3 Å². The number of hydrogen-bond acceptors (Lipinski definition) is 7. The van der Waals surface area contributed by atoms with Gasteiger partial charge < -0.3 is 9.64 Å². The minimum absolute atomic E-state index is 0.00614. The van der Waals surface area contributed by atoms with Gasteiger partial charge in [-0.1, -0.05) is 57.5 Å². The lowest BCUT2D eigenvalue weighted by Gasteiger charge is -2.25. The van der Waals surface area contributed by atoms with Crippen LogP contribution in [0.2, 0.25) is 0 Å². The fourth-order valence-electron chi connectivity index (χ4n) is 3.28. The molecule has 0 radical (unpaired) electrons. The maximum Gasteiger partial charge on any atom is 0.250 e. The zero-order valence-corrected chi connectivity index (χ0v) is 18.4. The molecule has 1 aliphatic rings. The van der Waals surface area contributed by atoms with Gasteiger partial charge in [-0.3, -0.25) is 14.9 Å². The maximum absolute atomic E-state index is 12.6. The van der Waals surface area contributed by atoms with Crippen molar-refractivity contribution < 1.29 is 14.3 Å². The molecule has 1 N–H and O–H groups in total. The van der Waals surface area contributed by atoms with Gasteiger partial charge in [-0.25, -0.2) is 4.98 Å². The van der Waals surface area contributed by atoms with Crippen molar-refractivity contribution >= 4 is 33.4 Å². The number of carbonyl (C=O) groups excluding carboxylic acids is 2. The molecule has 1 aromatic carbocycles. The number of anilines is 1.